The zero-order chi connectivity index (χ0) is 17.5. The van der Waals surface area contributed by atoms with Crippen LogP contribution in [0.4, 0.5) is 0 Å². The molecular weight excluding hydrogens is 296 g/mol. The maximum atomic E-state index is 12.8. The van der Waals surface area contributed by atoms with Gasteiger partial charge in [0.2, 0.25) is 0 Å². The van der Waals surface area contributed by atoms with Gasteiger partial charge in [0.05, 0.1) is 12.0 Å². The van der Waals surface area contributed by atoms with E-state index in [1.165, 1.54) is 19.3 Å². The van der Waals surface area contributed by atoms with Gasteiger partial charge in [-0.1, -0.05) is 44.9 Å². The number of esters is 1. The fourth-order valence-electron chi connectivity index (χ4n) is 5.88. The standard InChI is InChI=1S/C22H34O2/c1-6-24-20(23)22(5)13-7-12-21(4)18-10-8-16(15(2)3)14-17(18)9-11-19(21)22/h9,14-15,18-19H,6-8,10-13H2,1-5H3/t18-,19+,21?,22+/m0/s1. The van der Waals surface area contributed by atoms with Crippen molar-refractivity contribution in [3.05, 3.63) is 23.3 Å². The van der Waals surface area contributed by atoms with Crippen molar-refractivity contribution in [2.45, 2.75) is 73.1 Å². The summed E-state index contributed by atoms with van der Waals surface area (Å²) in [5.41, 5.74) is 3.08. The molecule has 24 heavy (non-hydrogen) atoms. The van der Waals surface area contributed by atoms with Crippen molar-refractivity contribution in [1.82, 2.24) is 0 Å². The van der Waals surface area contributed by atoms with Gasteiger partial charge in [-0.2, -0.15) is 0 Å². The number of allylic oxidation sites excluding steroid dienone is 4. The molecule has 0 radical (unpaired) electrons. The van der Waals surface area contributed by atoms with Crippen molar-refractivity contribution in [1.29, 1.82) is 0 Å². The number of rotatable bonds is 3. The molecule has 0 spiro atoms. The van der Waals surface area contributed by atoms with Crippen molar-refractivity contribution < 1.29 is 9.53 Å². The van der Waals surface area contributed by atoms with Crippen LogP contribution in [0.1, 0.15) is 73.1 Å². The molecule has 3 aliphatic rings. The van der Waals surface area contributed by atoms with E-state index in [2.05, 4.69) is 39.8 Å². The minimum Gasteiger partial charge on any atom is -0.466 e. The molecule has 0 saturated heterocycles. The molecule has 0 amide bonds. The summed E-state index contributed by atoms with van der Waals surface area (Å²) in [5, 5.41) is 0. The Balaban J connectivity index is 1.96. The molecule has 0 heterocycles. The van der Waals surface area contributed by atoms with Gasteiger partial charge in [-0.3, -0.25) is 4.79 Å². The molecule has 3 aliphatic carbocycles. The largest absolute Gasteiger partial charge is 0.466 e. The lowest BCUT2D eigenvalue weighted by Crippen LogP contribution is -2.53. The molecule has 0 aromatic carbocycles. The predicted octanol–water partition coefficient (Wildman–Crippen LogP) is 5.68. The average Bonchev–Trinajstić information content (AvgIpc) is 2.54. The molecule has 3 rings (SSSR count). The predicted molar refractivity (Wildman–Crippen MR) is 98.5 cm³/mol. The number of carbonyl (C=O) groups is 1. The Hall–Kier alpha value is -1.05. The highest BCUT2D eigenvalue weighted by Crippen LogP contribution is 2.62. The minimum absolute atomic E-state index is 0.0343. The number of carbonyl (C=O) groups excluding carboxylic acids is 1. The van der Waals surface area contributed by atoms with Crippen molar-refractivity contribution in [3.8, 4) is 0 Å². The van der Waals surface area contributed by atoms with E-state index in [4.69, 9.17) is 4.74 Å². The van der Waals surface area contributed by atoms with Crippen LogP contribution in [0.5, 0.6) is 0 Å². The van der Waals surface area contributed by atoms with E-state index in [-0.39, 0.29) is 16.8 Å². The number of hydrogen-bond donors (Lipinski definition) is 0. The topological polar surface area (TPSA) is 26.3 Å². The molecule has 0 aromatic rings. The Morgan fingerprint density at radius 1 is 1.33 bits per heavy atom. The van der Waals surface area contributed by atoms with Crippen molar-refractivity contribution >= 4 is 5.97 Å². The monoisotopic (exact) mass is 330 g/mol. The summed E-state index contributed by atoms with van der Waals surface area (Å²) in [6.45, 7) is 11.6. The molecule has 1 saturated carbocycles. The van der Waals surface area contributed by atoms with Gasteiger partial charge in [-0.05, 0) is 74.7 Å². The molecule has 1 unspecified atom stereocenters. The first kappa shape index (κ1) is 17.8. The van der Waals surface area contributed by atoms with E-state index in [1.54, 1.807) is 11.1 Å². The average molecular weight is 331 g/mol. The Labute approximate surface area is 147 Å². The molecule has 0 aliphatic heterocycles. The van der Waals surface area contributed by atoms with Gasteiger partial charge in [-0.25, -0.2) is 0 Å². The molecular formula is C22H34O2. The molecule has 134 valence electrons. The van der Waals surface area contributed by atoms with Crippen LogP contribution in [0.3, 0.4) is 0 Å². The van der Waals surface area contributed by atoms with Crippen LogP contribution in [-0.4, -0.2) is 12.6 Å². The maximum Gasteiger partial charge on any atom is 0.312 e. The fourth-order valence-corrected chi connectivity index (χ4v) is 5.88. The van der Waals surface area contributed by atoms with Crippen LogP contribution in [0.25, 0.3) is 0 Å². The molecule has 2 heteroatoms. The summed E-state index contributed by atoms with van der Waals surface area (Å²) < 4.78 is 5.49. The lowest BCUT2D eigenvalue weighted by atomic mass is 9.47. The zero-order valence-corrected chi connectivity index (χ0v) is 16.2. The van der Waals surface area contributed by atoms with Crippen LogP contribution in [0.15, 0.2) is 23.3 Å². The van der Waals surface area contributed by atoms with E-state index in [0.717, 1.165) is 19.3 Å². The van der Waals surface area contributed by atoms with Gasteiger partial charge in [0.1, 0.15) is 0 Å². The van der Waals surface area contributed by atoms with Gasteiger partial charge in [0, 0.05) is 0 Å². The van der Waals surface area contributed by atoms with E-state index >= 15 is 0 Å². The molecule has 0 aromatic heterocycles. The smallest absolute Gasteiger partial charge is 0.312 e. The van der Waals surface area contributed by atoms with E-state index in [1.807, 2.05) is 6.92 Å². The highest BCUT2D eigenvalue weighted by atomic mass is 16.5. The second-order valence-corrected chi connectivity index (χ2v) is 8.95. The highest BCUT2D eigenvalue weighted by molar-refractivity contribution is 5.77. The van der Waals surface area contributed by atoms with Gasteiger partial charge in [0.15, 0.2) is 0 Å². The molecule has 1 fully saturated rings. The lowest BCUT2D eigenvalue weighted by Gasteiger charge is -2.57. The summed E-state index contributed by atoms with van der Waals surface area (Å²) in [4.78, 5) is 12.8. The second-order valence-electron chi connectivity index (χ2n) is 8.95. The lowest BCUT2D eigenvalue weighted by molar-refractivity contribution is -0.168. The third-order valence-electron chi connectivity index (χ3n) is 7.32. The highest BCUT2D eigenvalue weighted by Gasteiger charge is 2.57. The van der Waals surface area contributed by atoms with Crippen LogP contribution >= 0.6 is 0 Å². The van der Waals surface area contributed by atoms with Crippen molar-refractivity contribution in [2.24, 2.45) is 28.6 Å². The summed E-state index contributed by atoms with van der Waals surface area (Å²) in [6.07, 6.45) is 11.8. The molecule has 2 nitrogen and oxygen atoms in total. The first-order valence-corrected chi connectivity index (χ1v) is 9.90. The second kappa shape index (κ2) is 6.35. The van der Waals surface area contributed by atoms with Crippen LogP contribution in [0, 0.1) is 28.6 Å². The van der Waals surface area contributed by atoms with Crippen molar-refractivity contribution in [3.63, 3.8) is 0 Å². The van der Waals surface area contributed by atoms with Gasteiger partial charge in [0.25, 0.3) is 0 Å². The van der Waals surface area contributed by atoms with Gasteiger partial charge >= 0.3 is 5.97 Å². The summed E-state index contributed by atoms with van der Waals surface area (Å²) in [5.74, 6) is 1.72. The summed E-state index contributed by atoms with van der Waals surface area (Å²) in [7, 11) is 0. The molecule has 4 atom stereocenters. The van der Waals surface area contributed by atoms with Gasteiger partial charge < -0.3 is 4.74 Å². The maximum absolute atomic E-state index is 12.8. The molecule has 0 N–H and O–H groups in total. The summed E-state index contributed by atoms with van der Waals surface area (Å²) in [6, 6.07) is 0. The Morgan fingerprint density at radius 2 is 2.08 bits per heavy atom. The van der Waals surface area contributed by atoms with Crippen molar-refractivity contribution in [2.75, 3.05) is 6.61 Å². The Morgan fingerprint density at radius 3 is 2.75 bits per heavy atom. The first-order chi connectivity index (χ1) is 11.3. The van der Waals surface area contributed by atoms with E-state index < -0.39 is 0 Å². The van der Waals surface area contributed by atoms with Crippen LogP contribution in [0.2, 0.25) is 0 Å². The third-order valence-corrected chi connectivity index (χ3v) is 7.32. The van der Waals surface area contributed by atoms with Crippen LogP contribution < -0.4 is 0 Å². The Bertz CT molecular complexity index is 571. The number of fused-ring (bicyclic) bond motifs is 3. The minimum atomic E-state index is -0.312. The number of hydrogen-bond acceptors (Lipinski definition) is 2. The van der Waals surface area contributed by atoms with Crippen LogP contribution in [-0.2, 0) is 9.53 Å². The number of ether oxygens (including phenoxy) is 1. The third kappa shape index (κ3) is 2.66. The normalized spacial score (nSPS) is 38.8. The van der Waals surface area contributed by atoms with E-state index in [9.17, 15) is 4.79 Å². The molecule has 0 bridgehead atoms. The SMILES string of the molecule is CCOC(=O)[C@]1(C)CCCC2(C)[C@H]1CC=C1C=C(C(C)C)CC[C@@H]12. The summed E-state index contributed by atoms with van der Waals surface area (Å²) >= 11 is 0. The van der Waals surface area contributed by atoms with Gasteiger partial charge in [-0.15, -0.1) is 0 Å². The fraction of sp³-hybridized carbons (Fsp3) is 0.773. The van der Waals surface area contributed by atoms with E-state index in [0.29, 0.717) is 24.4 Å². The quantitative estimate of drug-likeness (QED) is 0.622. The zero-order valence-electron chi connectivity index (χ0n) is 16.2. The Kier molecular flexibility index (Phi) is 4.70. The first-order valence-electron chi connectivity index (χ1n) is 9.90.